The maximum atomic E-state index is 8.43. The second-order valence-corrected chi connectivity index (χ2v) is 5.56. The summed E-state index contributed by atoms with van der Waals surface area (Å²) in [5.74, 6) is 0.337. The maximum Gasteiger partial charge on any atom is 0.139 e. The SMILES string of the molecule is CN1CCN(CCCCC(N)=NO)CC1(C)C. The van der Waals surface area contributed by atoms with Crippen molar-refractivity contribution in [3.8, 4) is 0 Å². The highest BCUT2D eigenvalue weighted by molar-refractivity contribution is 5.79. The van der Waals surface area contributed by atoms with Crippen LogP contribution >= 0.6 is 0 Å². The Morgan fingerprint density at radius 1 is 1.35 bits per heavy atom. The summed E-state index contributed by atoms with van der Waals surface area (Å²) in [5, 5.41) is 11.4. The third kappa shape index (κ3) is 4.52. The van der Waals surface area contributed by atoms with Gasteiger partial charge < -0.3 is 15.8 Å². The lowest BCUT2D eigenvalue weighted by atomic mass is 9.99. The molecule has 0 amide bonds. The number of unbranched alkanes of at least 4 members (excludes halogenated alkanes) is 1. The van der Waals surface area contributed by atoms with Crippen LogP contribution < -0.4 is 5.73 Å². The predicted octanol–water partition coefficient (Wildman–Crippen LogP) is 0.929. The van der Waals surface area contributed by atoms with E-state index < -0.39 is 0 Å². The van der Waals surface area contributed by atoms with Crippen molar-refractivity contribution in [3.63, 3.8) is 0 Å². The number of hydrogen-bond donors (Lipinski definition) is 2. The van der Waals surface area contributed by atoms with Crippen LogP contribution in [0.15, 0.2) is 5.16 Å². The number of oxime groups is 1. The van der Waals surface area contributed by atoms with Crippen LogP contribution in [0.25, 0.3) is 0 Å². The molecular weight excluding hydrogens is 216 g/mol. The average molecular weight is 242 g/mol. The average Bonchev–Trinajstić information content (AvgIpc) is 2.28. The molecule has 1 heterocycles. The summed E-state index contributed by atoms with van der Waals surface area (Å²) < 4.78 is 0. The molecule has 0 atom stereocenters. The van der Waals surface area contributed by atoms with Gasteiger partial charge >= 0.3 is 0 Å². The first-order valence-corrected chi connectivity index (χ1v) is 6.36. The van der Waals surface area contributed by atoms with Gasteiger partial charge in [0.15, 0.2) is 0 Å². The van der Waals surface area contributed by atoms with E-state index in [-0.39, 0.29) is 5.54 Å². The van der Waals surface area contributed by atoms with Crippen molar-refractivity contribution in [1.82, 2.24) is 9.80 Å². The van der Waals surface area contributed by atoms with Gasteiger partial charge in [-0.3, -0.25) is 4.90 Å². The van der Waals surface area contributed by atoms with Gasteiger partial charge in [0.05, 0.1) is 0 Å². The van der Waals surface area contributed by atoms with Crippen molar-refractivity contribution in [1.29, 1.82) is 0 Å². The molecular formula is C12H26N4O. The van der Waals surface area contributed by atoms with E-state index >= 15 is 0 Å². The van der Waals surface area contributed by atoms with Gasteiger partial charge in [-0.2, -0.15) is 0 Å². The minimum absolute atomic E-state index is 0.268. The first-order valence-electron chi connectivity index (χ1n) is 6.36. The monoisotopic (exact) mass is 242 g/mol. The van der Waals surface area contributed by atoms with Gasteiger partial charge in [0.25, 0.3) is 0 Å². The number of amidine groups is 1. The third-order valence-electron chi connectivity index (χ3n) is 3.68. The van der Waals surface area contributed by atoms with Crippen LogP contribution in [-0.4, -0.2) is 59.6 Å². The largest absolute Gasteiger partial charge is 0.409 e. The van der Waals surface area contributed by atoms with E-state index in [4.69, 9.17) is 10.9 Å². The highest BCUT2D eigenvalue weighted by Crippen LogP contribution is 2.18. The Hall–Kier alpha value is -0.810. The lowest BCUT2D eigenvalue weighted by Gasteiger charge is -2.45. The van der Waals surface area contributed by atoms with E-state index in [1.807, 2.05) is 0 Å². The van der Waals surface area contributed by atoms with E-state index in [1.54, 1.807) is 0 Å². The Balaban J connectivity index is 2.20. The maximum absolute atomic E-state index is 8.43. The van der Waals surface area contributed by atoms with Gasteiger partial charge in [-0.1, -0.05) is 5.16 Å². The molecule has 0 bridgehead atoms. The zero-order valence-electron chi connectivity index (χ0n) is 11.3. The van der Waals surface area contributed by atoms with Gasteiger partial charge in [0.2, 0.25) is 0 Å². The first kappa shape index (κ1) is 14.3. The van der Waals surface area contributed by atoms with Crippen LogP contribution in [0.5, 0.6) is 0 Å². The van der Waals surface area contributed by atoms with Crippen LogP contribution in [0.2, 0.25) is 0 Å². The fraction of sp³-hybridized carbons (Fsp3) is 0.917. The summed E-state index contributed by atoms with van der Waals surface area (Å²) in [6, 6.07) is 0. The van der Waals surface area contributed by atoms with Crippen LogP contribution in [0.1, 0.15) is 33.1 Å². The summed E-state index contributed by atoms with van der Waals surface area (Å²) >= 11 is 0. The molecule has 1 rings (SSSR count). The molecule has 0 radical (unpaired) electrons. The second-order valence-electron chi connectivity index (χ2n) is 5.56. The highest BCUT2D eigenvalue weighted by atomic mass is 16.4. The Kier molecular flexibility index (Phi) is 5.21. The first-order chi connectivity index (χ1) is 7.95. The molecule has 5 heteroatoms. The van der Waals surface area contributed by atoms with Crippen LogP contribution in [0, 0.1) is 0 Å². The molecule has 100 valence electrons. The lowest BCUT2D eigenvalue weighted by Crippen LogP contribution is -2.57. The molecule has 0 unspecified atom stereocenters. The molecule has 0 saturated carbocycles. The number of likely N-dealkylation sites (N-methyl/N-ethyl adjacent to an activating group) is 1. The van der Waals surface area contributed by atoms with Gasteiger partial charge in [-0.05, 0) is 40.3 Å². The van der Waals surface area contributed by atoms with Crippen molar-refractivity contribution in [2.45, 2.75) is 38.6 Å². The Bertz CT molecular complexity index is 265. The number of rotatable bonds is 5. The topological polar surface area (TPSA) is 65.1 Å². The van der Waals surface area contributed by atoms with Crippen molar-refractivity contribution in [2.24, 2.45) is 10.9 Å². The van der Waals surface area contributed by atoms with Gasteiger partial charge in [0.1, 0.15) is 5.84 Å². The Labute approximate surface area is 104 Å². The van der Waals surface area contributed by atoms with Gasteiger partial charge in [0, 0.05) is 31.6 Å². The smallest absolute Gasteiger partial charge is 0.139 e. The van der Waals surface area contributed by atoms with E-state index in [1.165, 1.54) is 0 Å². The molecule has 1 saturated heterocycles. The Morgan fingerprint density at radius 2 is 2.06 bits per heavy atom. The van der Waals surface area contributed by atoms with E-state index in [0.29, 0.717) is 12.3 Å². The standard InChI is InChI=1S/C12H26N4O/c1-12(2)10-16(9-8-15(12)3)7-5-4-6-11(13)14-17/h17H,4-10H2,1-3H3,(H2,13,14). The molecule has 0 aromatic carbocycles. The van der Waals surface area contributed by atoms with E-state index in [9.17, 15) is 0 Å². The fourth-order valence-corrected chi connectivity index (χ4v) is 2.22. The molecule has 0 aromatic rings. The molecule has 1 aliphatic heterocycles. The van der Waals surface area contributed by atoms with Crippen LogP contribution in [-0.2, 0) is 0 Å². The molecule has 0 spiro atoms. The summed E-state index contributed by atoms with van der Waals surface area (Å²) in [6.07, 6.45) is 2.78. The summed E-state index contributed by atoms with van der Waals surface area (Å²) in [4.78, 5) is 4.92. The molecule has 3 N–H and O–H groups in total. The number of nitrogens with zero attached hydrogens (tertiary/aromatic N) is 3. The van der Waals surface area contributed by atoms with E-state index in [0.717, 1.165) is 39.0 Å². The van der Waals surface area contributed by atoms with Gasteiger partial charge in [-0.15, -0.1) is 0 Å². The minimum Gasteiger partial charge on any atom is -0.409 e. The lowest BCUT2D eigenvalue weighted by molar-refractivity contribution is 0.0394. The molecule has 0 aliphatic carbocycles. The van der Waals surface area contributed by atoms with Crippen molar-refractivity contribution >= 4 is 5.84 Å². The predicted molar refractivity (Wildman–Crippen MR) is 70.4 cm³/mol. The van der Waals surface area contributed by atoms with Crippen molar-refractivity contribution in [2.75, 3.05) is 33.2 Å². The summed E-state index contributed by atoms with van der Waals surface area (Å²) in [7, 11) is 2.19. The minimum atomic E-state index is 0.268. The summed E-state index contributed by atoms with van der Waals surface area (Å²) in [5.41, 5.74) is 5.70. The van der Waals surface area contributed by atoms with Crippen molar-refractivity contribution in [3.05, 3.63) is 0 Å². The molecule has 0 aromatic heterocycles. The quantitative estimate of drug-likeness (QED) is 0.247. The van der Waals surface area contributed by atoms with E-state index in [2.05, 4.69) is 35.9 Å². The summed E-state index contributed by atoms with van der Waals surface area (Å²) in [6.45, 7) is 9.07. The molecule has 5 nitrogen and oxygen atoms in total. The molecule has 1 fully saturated rings. The number of hydrogen-bond acceptors (Lipinski definition) is 4. The fourth-order valence-electron chi connectivity index (χ4n) is 2.22. The van der Waals surface area contributed by atoms with Crippen LogP contribution in [0.4, 0.5) is 0 Å². The normalized spacial score (nSPS) is 22.9. The van der Waals surface area contributed by atoms with Crippen molar-refractivity contribution < 1.29 is 5.21 Å². The van der Waals surface area contributed by atoms with Gasteiger partial charge in [-0.25, -0.2) is 0 Å². The zero-order chi connectivity index (χ0) is 12.9. The zero-order valence-corrected chi connectivity index (χ0v) is 11.3. The van der Waals surface area contributed by atoms with Crippen LogP contribution in [0.3, 0.4) is 0 Å². The molecule has 1 aliphatic rings. The highest BCUT2D eigenvalue weighted by Gasteiger charge is 2.30. The molecule has 17 heavy (non-hydrogen) atoms. The second kappa shape index (κ2) is 6.21. The number of piperazine rings is 1. The Morgan fingerprint density at radius 3 is 2.65 bits per heavy atom. The number of nitrogens with two attached hydrogens (primary N) is 1. The third-order valence-corrected chi connectivity index (χ3v) is 3.68.